The number of hydrogen-bond donors (Lipinski definition) is 2. The summed E-state index contributed by atoms with van der Waals surface area (Å²) in [5.41, 5.74) is 1.02. The molecule has 1 atom stereocenters. The van der Waals surface area contributed by atoms with Gasteiger partial charge in [-0.3, -0.25) is 0 Å². The van der Waals surface area contributed by atoms with Crippen molar-refractivity contribution in [2.75, 3.05) is 37.8 Å². The average Bonchev–Trinajstić information content (AvgIpc) is 3.13. The fourth-order valence-corrected chi connectivity index (χ4v) is 4.04. The molecule has 21 heavy (non-hydrogen) atoms. The van der Waals surface area contributed by atoms with Gasteiger partial charge in [-0.2, -0.15) is 11.8 Å². The zero-order chi connectivity index (χ0) is 15.1. The van der Waals surface area contributed by atoms with E-state index in [9.17, 15) is 0 Å². The molecule has 2 rings (SSSR count). The fraction of sp³-hybridized carbons (Fsp3) is 0.714. The highest BCUT2D eigenvalue weighted by atomic mass is 32.2. The Bertz CT molecular complexity index is 452. The van der Waals surface area contributed by atoms with Crippen molar-refractivity contribution >= 4 is 34.2 Å². The number of guanidine groups is 1. The molecule has 0 saturated carbocycles. The van der Waals surface area contributed by atoms with Crippen LogP contribution in [0.25, 0.3) is 0 Å². The first-order valence-electron chi connectivity index (χ1n) is 7.44. The molecule has 1 saturated heterocycles. The second-order valence-corrected chi connectivity index (χ2v) is 7.47. The predicted octanol–water partition coefficient (Wildman–Crippen LogP) is 2.16. The van der Waals surface area contributed by atoms with Gasteiger partial charge >= 0.3 is 0 Å². The Balaban J connectivity index is 1.86. The number of aliphatic imine (C=N–C) groups is 1. The molecule has 118 valence electrons. The standard InChI is InChI=1S/C14H25N5S2/c1-4-15-13(17-9-12-6-5-7-20-12)16-8-11-10-21-14(18-11)19(2)3/h10,12H,4-9H2,1-3H3,(H2,15,16,17). The highest BCUT2D eigenvalue weighted by molar-refractivity contribution is 8.00. The Morgan fingerprint density at radius 2 is 2.33 bits per heavy atom. The van der Waals surface area contributed by atoms with E-state index in [0.29, 0.717) is 6.54 Å². The van der Waals surface area contributed by atoms with Crippen molar-refractivity contribution < 1.29 is 0 Å². The van der Waals surface area contributed by atoms with E-state index in [0.717, 1.165) is 35.1 Å². The van der Waals surface area contributed by atoms with Crippen LogP contribution in [0.15, 0.2) is 10.4 Å². The molecule has 0 bridgehead atoms. The van der Waals surface area contributed by atoms with E-state index in [1.807, 2.05) is 19.0 Å². The number of aromatic nitrogens is 1. The van der Waals surface area contributed by atoms with Gasteiger partial charge in [0.25, 0.3) is 0 Å². The van der Waals surface area contributed by atoms with Gasteiger partial charge in [0, 0.05) is 37.8 Å². The van der Waals surface area contributed by atoms with Gasteiger partial charge in [0.05, 0.1) is 12.2 Å². The first-order valence-corrected chi connectivity index (χ1v) is 9.37. The van der Waals surface area contributed by atoms with Gasteiger partial charge in [-0.25, -0.2) is 9.98 Å². The molecular weight excluding hydrogens is 302 g/mol. The van der Waals surface area contributed by atoms with Crippen LogP contribution in [0.1, 0.15) is 25.5 Å². The molecule has 0 aromatic carbocycles. The molecule has 1 fully saturated rings. The number of hydrogen-bond acceptors (Lipinski definition) is 5. The van der Waals surface area contributed by atoms with E-state index in [2.05, 4.69) is 44.7 Å². The first kappa shape index (κ1) is 16.4. The summed E-state index contributed by atoms with van der Waals surface area (Å²) >= 11 is 3.72. The lowest BCUT2D eigenvalue weighted by Crippen LogP contribution is -2.40. The van der Waals surface area contributed by atoms with Crippen LogP contribution in [0.2, 0.25) is 0 Å². The lowest BCUT2D eigenvalue weighted by Gasteiger charge is -2.14. The number of nitrogens with zero attached hydrogens (tertiary/aromatic N) is 3. The van der Waals surface area contributed by atoms with Gasteiger partial charge in [-0.05, 0) is 25.5 Å². The predicted molar refractivity (Wildman–Crippen MR) is 94.7 cm³/mol. The van der Waals surface area contributed by atoms with Crippen molar-refractivity contribution in [1.29, 1.82) is 0 Å². The van der Waals surface area contributed by atoms with E-state index >= 15 is 0 Å². The summed E-state index contributed by atoms with van der Waals surface area (Å²) < 4.78 is 0. The second kappa shape index (κ2) is 8.48. The van der Waals surface area contributed by atoms with Crippen molar-refractivity contribution in [1.82, 2.24) is 15.6 Å². The van der Waals surface area contributed by atoms with Crippen LogP contribution in [0.5, 0.6) is 0 Å². The van der Waals surface area contributed by atoms with E-state index < -0.39 is 0 Å². The quantitative estimate of drug-likeness (QED) is 0.619. The minimum absolute atomic E-state index is 0.623. The average molecular weight is 328 g/mol. The van der Waals surface area contributed by atoms with Gasteiger partial charge in [-0.15, -0.1) is 11.3 Å². The van der Waals surface area contributed by atoms with Crippen molar-refractivity contribution in [2.45, 2.75) is 31.6 Å². The SMILES string of the molecule is CCNC(=NCc1csc(N(C)C)n1)NCC1CCCS1. The number of rotatable bonds is 6. The molecule has 1 unspecified atom stereocenters. The van der Waals surface area contributed by atoms with Crippen LogP contribution in [0.3, 0.4) is 0 Å². The van der Waals surface area contributed by atoms with Crippen LogP contribution in [-0.2, 0) is 6.54 Å². The Labute approximate surface area is 135 Å². The van der Waals surface area contributed by atoms with Crippen LogP contribution in [-0.4, -0.2) is 49.1 Å². The van der Waals surface area contributed by atoms with Gasteiger partial charge in [0.2, 0.25) is 0 Å². The highest BCUT2D eigenvalue weighted by Gasteiger charge is 2.15. The van der Waals surface area contributed by atoms with Crippen molar-refractivity contribution in [3.63, 3.8) is 0 Å². The maximum atomic E-state index is 4.63. The van der Waals surface area contributed by atoms with Crippen LogP contribution < -0.4 is 15.5 Å². The Hall–Kier alpha value is -0.950. The molecule has 1 aromatic rings. The third kappa shape index (κ3) is 5.39. The maximum absolute atomic E-state index is 4.63. The summed E-state index contributed by atoms with van der Waals surface area (Å²) in [6.45, 7) is 4.59. The van der Waals surface area contributed by atoms with Crippen LogP contribution >= 0.6 is 23.1 Å². The molecule has 0 aliphatic carbocycles. The smallest absolute Gasteiger partial charge is 0.191 e. The molecule has 0 spiro atoms. The molecule has 7 heteroatoms. The first-order chi connectivity index (χ1) is 10.2. The topological polar surface area (TPSA) is 52.6 Å². The van der Waals surface area contributed by atoms with Gasteiger partial charge < -0.3 is 15.5 Å². The third-order valence-electron chi connectivity index (χ3n) is 3.19. The summed E-state index contributed by atoms with van der Waals surface area (Å²) in [4.78, 5) is 11.2. The Morgan fingerprint density at radius 3 is 2.95 bits per heavy atom. The zero-order valence-electron chi connectivity index (χ0n) is 13.1. The molecule has 2 N–H and O–H groups in total. The van der Waals surface area contributed by atoms with E-state index in [1.54, 1.807) is 11.3 Å². The molecule has 1 aliphatic heterocycles. The zero-order valence-corrected chi connectivity index (χ0v) is 14.7. The van der Waals surface area contributed by atoms with Gasteiger partial charge in [0.15, 0.2) is 11.1 Å². The van der Waals surface area contributed by atoms with Crippen molar-refractivity contribution in [3.8, 4) is 0 Å². The number of anilines is 1. The lowest BCUT2D eigenvalue weighted by atomic mass is 10.2. The third-order valence-corrected chi connectivity index (χ3v) is 5.64. The summed E-state index contributed by atoms with van der Waals surface area (Å²) in [5, 5.41) is 10.6. The number of thioether (sulfide) groups is 1. The summed E-state index contributed by atoms with van der Waals surface area (Å²) in [5.74, 6) is 2.19. The van der Waals surface area contributed by atoms with E-state index in [1.165, 1.54) is 18.6 Å². The van der Waals surface area contributed by atoms with Gasteiger partial charge in [0.1, 0.15) is 0 Å². The Morgan fingerprint density at radius 1 is 1.48 bits per heavy atom. The molecule has 5 nitrogen and oxygen atoms in total. The molecule has 1 aliphatic rings. The molecule has 0 amide bonds. The number of thiazole rings is 1. The van der Waals surface area contributed by atoms with Crippen molar-refractivity contribution in [2.24, 2.45) is 4.99 Å². The molecule has 1 aromatic heterocycles. The van der Waals surface area contributed by atoms with Crippen LogP contribution in [0.4, 0.5) is 5.13 Å². The van der Waals surface area contributed by atoms with E-state index in [-0.39, 0.29) is 0 Å². The van der Waals surface area contributed by atoms with E-state index in [4.69, 9.17) is 0 Å². The number of nitrogens with one attached hydrogen (secondary N) is 2. The van der Waals surface area contributed by atoms with Gasteiger partial charge in [-0.1, -0.05) is 0 Å². The van der Waals surface area contributed by atoms with Crippen LogP contribution in [0, 0.1) is 0 Å². The molecular formula is C14H25N5S2. The summed E-state index contributed by atoms with van der Waals surface area (Å²) in [6.07, 6.45) is 2.66. The van der Waals surface area contributed by atoms with Crippen molar-refractivity contribution in [3.05, 3.63) is 11.1 Å². The highest BCUT2D eigenvalue weighted by Crippen LogP contribution is 2.25. The monoisotopic (exact) mass is 327 g/mol. The largest absolute Gasteiger partial charge is 0.357 e. The normalized spacial score (nSPS) is 18.8. The molecule has 2 heterocycles. The Kier molecular flexibility index (Phi) is 6.63. The second-order valence-electron chi connectivity index (χ2n) is 5.23. The lowest BCUT2D eigenvalue weighted by molar-refractivity contribution is 0.726. The maximum Gasteiger partial charge on any atom is 0.191 e. The summed E-state index contributed by atoms with van der Waals surface area (Å²) in [6, 6.07) is 0. The minimum Gasteiger partial charge on any atom is -0.357 e. The molecule has 0 radical (unpaired) electrons. The minimum atomic E-state index is 0.623. The summed E-state index contributed by atoms with van der Waals surface area (Å²) in [7, 11) is 4.02. The fourth-order valence-electron chi connectivity index (χ4n) is 2.09.